The van der Waals surface area contributed by atoms with Crippen LogP contribution in [0.3, 0.4) is 0 Å². The predicted molar refractivity (Wildman–Crippen MR) is 92.7 cm³/mol. The lowest BCUT2D eigenvalue weighted by Gasteiger charge is -2.20. The summed E-state index contributed by atoms with van der Waals surface area (Å²) in [5.74, 6) is 0.552. The third kappa shape index (κ3) is 3.35. The maximum Gasteiger partial charge on any atom is 0.264 e. The Morgan fingerprint density at radius 3 is 2.32 bits per heavy atom. The van der Waals surface area contributed by atoms with Crippen LogP contribution in [0.1, 0.15) is 0 Å². The molecule has 0 unspecified atom stereocenters. The number of rotatable bonds is 4. The Balaban J connectivity index is 2.44. The first-order chi connectivity index (χ1) is 10.3. The lowest BCUT2D eigenvalue weighted by molar-refractivity contribution is 0.411. The highest BCUT2D eigenvalue weighted by Crippen LogP contribution is 2.32. The molecule has 0 aromatic heterocycles. The van der Waals surface area contributed by atoms with E-state index in [0.29, 0.717) is 20.9 Å². The molecule has 22 heavy (non-hydrogen) atoms. The molecule has 0 N–H and O–H groups in total. The molecule has 2 aromatic carbocycles. The highest BCUT2D eigenvalue weighted by molar-refractivity contribution is 9.10. The molecule has 0 saturated carbocycles. The minimum Gasteiger partial charge on any atom is -0.496 e. The van der Waals surface area contributed by atoms with Crippen LogP contribution >= 0.6 is 39.1 Å². The third-order valence-electron chi connectivity index (χ3n) is 3.05. The number of sulfonamides is 1. The van der Waals surface area contributed by atoms with Crippen LogP contribution in [0.25, 0.3) is 0 Å². The second-order valence-electron chi connectivity index (χ2n) is 4.37. The molecule has 4 nitrogen and oxygen atoms in total. The molecule has 0 radical (unpaired) electrons. The maximum absolute atomic E-state index is 12.7. The molecular formula is C14H12BrCl2NO3S. The van der Waals surface area contributed by atoms with Crippen molar-refractivity contribution in [1.82, 2.24) is 0 Å². The summed E-state index contributed by atoms with van der Waals surface area (Å²) in [6.45, 7) is 0. The molecule has 0 bridgehead atoms. The number of halogens is 3. The smallest absolute Gasteiger partial charge is 0.264 e. The summed E-state index contributed by atoms with van der Waals surface area (Å²) in [6, 6.07) is 9.19. The number of anilines is 1. The number of hydrogen-bond donors (Lipinski definition) is 0. The Kier molecular flexibility index (Phi) is 5.27. The van der Waals surface area contributed by atoms with Gasteiger partial charge in [-0.05, 0) is 52.3 Å². The van der Waals surface area contributed by atoms with Crippen molar-refractivity contribution in [3.05, 3.63) is 50.9 Å². The number of benzene rings is 2. The Bertz CT molecular complexity index is 812. The van der Waals surface area contributed by atoms with E-state index >= 15 is 0 Å². The van der Waals surface area contributed by atoms with E-state index in [1.807, 2.05) is 0 Å². The molecule has 8 heteroatoms. The van der Waals surface area contributed by atoms with Crippen molar-refractivity contribution in [2.75, 3.05) is 18.5 Å². The van der Waals surface area contributed by atoms with Crippen molar-refractivity contribution in [3.8, 4) is 5.75 Å². The molecule has 0 aliphatic rings. The zero-order valence-corrected chi connectivity index (χ0v) is 15.6. The highest BCUT2D eigenvalue weighted by atomic mass is 79.9. The van der Waals surface area contributed by atoms with E-state index in [-0.39, 0.29) is 9.92 Å². The van der Waals surface area contributed by atoms with Crippen molar-refractivity contribution in [2.45, 2.75) is 4.90 Å². The van der Waals surface area contributed by atoms with Gasteiger partial charge < -0.3 is 4.74 Å². The molecule has 0 heterocycles. The van der Waals surface area contributed by atoms with Crippen LogP contribution in [0, 0.1) is 0 Å². The average molecular weight is 425 g/mol. The topological polar surface area (TPSA) is 46.6 Å². The van der Waals surface area contributed by atoms with Gasteiger partial charge in [0.25, 0.3) is 10.0 Å². The zero-order valence-electron chi connectivity index (χ0n) is 11.7. The molecule has 118 valence electrons. The summed E-state index contributed by atoms with van der Waals surface area (Å²) in [5.41, 5.74) is 0.418. The van der Waals surface area contributed by atoms with Crippen molar-refractivity contribution in [2.24, 2.45) is 0 Å². The molecule has 0 saturated heterocycles. The molecule has 0 aliphatic heterocycles. The summed E-state index contributed by atoms with van der Waals surface area (Å²) in [5, 5.41) is 0.653. The summed E-state index contributed by atoms with van der Waals surface area (Å²) in [7, 11) is -0.762. The molecule has 0 fully saturated rings. The largest absolute Gasteiger partial charge is 0.496 e. The van der Waals surface area contributed by atoms with Gasteiger partial charge in [0.2, 0.25) is 0 Å². The molecule has 0 spiro atoms. The van der Waals surface area contributed by atoms with Gasteiger partial charge in [-0.3, -0.25) is 4.31 Å². The Labute approximate surface area is 147 Å². The van der Waals surface area contributed by atoms with Gasteiger partial charge in [-0.25, -0.2) is 8.42 Å². The Morgan fingerprint density at radius 1 is 1.09 bits per heavy atom. The van der Waals surface area contributed by atoms with Crippen molar-refractivity contribution in [1.29, 1.82) is 0 Å². The van der Waals surface area contributed by atoms with Gasteiger partial charge in [-0.1, -0.05) is 23.2 Å². The van der Waals surface area contributed by atoms with E-state index in [0.717, 1.165) is 4.31 Å². The Morgan fingerprint density at radius 2 is 1.77 bits per heavy atom. The quantitative estimate of drug-likeness (QED) is 0.720. The van der Waals surface area contributed by atoms with Gasteiger partial charge in [0.05, 0.1) is 32.2 Å². The van der Waals surface area contributed by atoms with Crippen LogP contribution in [0.4, 0.5) is 5.69 Å². The Hall–Kier alpha value is -0.950. The summed E-state index contributed by atoms with van der Waals surface area (Å²) >= 11 is 15.1. The number of ether oxygens (including phenoxy) is 1. The van der Waals surface area contributed by atoms with Crippen LogP contribution in [0.2, 0.25) is 10.0 Å². The lowest BCUT2D eigenvalue weighted by atomic mass is 10.3. The molecule has 0 aliphatic carbocycles. The van der Waals surface area contributed by atoms with Crippen LogP contribution in [-0.2, 0) is 10.0 Å². The number of hydrogen-bond acceptors (Lipinski definition) is 3. The fourth-order valence-corrected chi connectivity index (χ4v) is 3.98. The van der Waals surface area contributed by atoms with E-state index in [2.05, 4.69) is 15.9 Å². The van der Waals surface area contributed by atoms with Gasteiger partial charge in [0.1, 0.15) is 5.75 Å². The van der Waals surface area contributed by atoms with Crippen molar-refractivity contribution >= 4 is 54.8 Å². The number of nitrogens with zero attached hydrogens (tertiary/aromatic N) is 1. The molecule has 0 amide bonds. The fraction of sp³-hybridized carbons (Fsp3) is 0.143. The first-order valence-electron chi connectivity index (χ1n) is 6.05. The van der Waals surface area contributed by atoms with E-state index in [1.54, 1.807) is 18.2 Å². The van der Waals surface area contributed by atoms with Crippen LogP contribution in [-0.4, -0.2) is 22.6 Å². The minimum atomic E-state index is -3.72. The van der Waals surface area contributed by atoms with Gasteiger partial charge >= 0.3 is 0 Å². The van der Waals surface area contributed by atoms with Crippen LogP contribution in [0.5, 0.6) is 5.75 Å². The second-order valence-corrected chi connectivity index (χ2v) is 8.01. The number of methoxy groups -OCH3 is 1. The highest BCUT2D eigenvalue weighted by Gasteiger charge is 2.22. The first-order valence-corrected chi connectivity index (χ1v) is 9.04. The normalized spacial score (nSPS) is 11.3. The molecule has 2 aromatic rings. The second kappa shape index (κ2) is 6.66. The first kappa shape index (κ1) is 17.4. The molecular weight excluding hydrogens is 413 g/mol. The van der Waals surface area contributed by atoms with E-state index in [9.17, 15) is 8.42 Å². The van der Waals surface area contributed by atoms with Crippen molar-refractivity contribution in [3.63, 3.8) is 0 Å². The predicted octanol–water partition coefficient (Wildman–Crippen LogP) is 4.59. The fourth-order valence-electron chi connectivity index (χ4n) is 1.79. The standard InChI is InChI=1S/C14H12BrCl2NO3S/c1-18(9-3-5-12(16)13(17)7-9)22(19,20)10-4-6-14(21-2)11(15)8-10/h3-8H,1-2H3. The van der Waals surface area contributed by atoms with E-state index in [1.165, 1.54) is 32.4 Å². The maximum atomic E-state index is 12.7. The average Bonchev–Trinajstić information content (AvgIpc) is 2.49. The zero-order chi connectivity index (χ0) is 16.5. The van der Waals surface area contributed by atoms with E-state index < -0.39 is 10.0 Å². The van der Waals surface area contributed by atoms with Crippen LogP contribution < -0.4 is 9.04 Å². The molecule has 0 atom stereocenters. The summed E-state index contributed by atoms with van der Waals surface area (Å²) < 4.78 is 32.1. The SMILES string of the molecule is COc1ccc(S(=O)(=O)N(C)c2ccc(Cl)c(Cl)c2)cc1Br. The lowest BCUT2D eigenvalue weighted by Crippen LogP contribution is -2.26. The van der Waals surface area contributed by atoms with Crippen LogP contribution in [0.15, 0.2) is 45.8 Å². The van der Waals surface area contributed by atoms with Gasteiger partial charge in [-0.2, -0.15) is 0 Å². The third-order valence-corrected chi connectivity index (χ3v) is 6.19. The minimum absolute atomic E-state index is 0.133. The molecule has 2 rings (SSSR count). The monoisotopic (exact) mass is 423 g/mol. The summed E-state index contributed by atoms with van der Waals surface area (Å²) in [6.07, 6.45) is 0. The van der Waals surface area contributed by atoms with Crippen molar-refractivity contribution < 1.29 is 13.2 Å². The van der Waals surface area contributed by atoms with E-state index in [4.69, 9.17) is 27.9 Å². The van der Waals surface area contributed by atoms with Gasteiger partial charge in [0.15, 0.2) is 0 Å². The van der Waals surface area contributed by atoms with Gasteiger partial charge in [0, 0.05) is 7.05 Å². The summed E-state index contributed by atoms with van der Waals surface area (Å²) in [4.78, 5) is 0.133. The van der Waals surface area contributed by atoms with Gasteiger partial charge in [-0.15, -0.1) is 0 Å².